The zero-order valence-electron chi connectivity index (χ0n) is 10.4. The van der Waals surface area contributed by atoms with Gasteiger partial charge in [-0.1, -0.05) is 6.07 Å². The quantitative estimate of drug-likeness (QED) is 0.892. The van der Waals surface area contributed by atoms with E-state index in [9.17, 15) is 14.3 Å². The third-order valence-electron chi connectivity index (χ3n) is 4.67. The first-order valence-corrected chi connectivity index (χ1v) is 6.49. The van der Waals surface area contributed by atoms with E-state index < -0.39 is 11.4 Å². The van der Waals surface area contributed by atoms with E-state index in [1.54, 1.807) is 6.07 Å². The van der Waals surface area contributed by atoms with Crippen LogP contribution in [0.5, 0.6) is 0 Å². The molecule has 1 aromatic carbocycles. The molecule has 2 saturated carbocycles. The average Bonchev–Trinajstić information content (AvgIpc) is 2.92. The normalized spacial score (nSPS) is 33.2. The van der Waals surface area contributed by atoms with Crippen LogP contribution in [0.4, 0.5) is 4.39 Å². The fourth-order valence-corrected chi connectivity index (χ4v) is 3.49. The summed E-state index contributed by atoms with van der Waals surface area (Å²) in [6.07, 6.45) is 3.20. The van der Waals surface area contributed by atoms with Crippen LogP contribution in [0.15, 0.2) is 18.2 Å². The number of hydrogen-bond donors (Lipinski definition) is 1. The molecule has 2 unspecified atom stereocenters. The minimum absolute atomic E-state index is 0.278. The predicted molar refractivity (Wildman–Crippen MR) is 65.7 cm³/mol. The molecule has 18 heavy (non-hydrogen) atoms. The Bertz CT molecular complexity index is 499. The van der Waals surface area contributed by atoms with Gasteiger partial charge in [0, 0.05) is 0 Å². The molecule has 2 aliphatic carbocycles. The van der Waals surface area contributed by atoms with E-state index in [2.05, 4.69) is 0 Å². The number of fused-ring (bicyclic) bond motifs is 1. The van der Waals surface area contributed by atoms with Gasteiger partial charge in [0.05, 0.1) is 5.41 Å². The minimum Gasteiger partial charge on any atom is -0.481 e. The molecule has 0 spiro atoms. The van der Waals surface area contributed by atoms with Crippen LogP contribution < -0.4 is 0 Å². The third kappa shape index (κ3) is 1.82. The molecule has 0 amide bonds. The molecule has 3 heteroatoms. The Morgan fingerprint density at radius 1 is 1.44 bits per heavy atom. The highest BCUT2D eigenvalue weighted by Gasteiger charge is 2.57. The van der Waals surface area contributed by atoms with Crippen LogP contribution in [0.3, 0.4) is 0 Å². The van der Waals surface area contributed by atoms with Crippen molar-refractivity contribution in [3.8, 4) is 0 Å². The SMILES string of the molecule is Cc1ccc(F)cc1CC1(C(=O)O)CC2CC2C1. The summed E-state index contributed by atoms with van der Waals surface area (Å²) in [7, 11) is 0. The van der Waals surface area contributed by atoms with Crippen molar-refractivity contribution in [2.75, 3.05) is 0 Å². The number of rotatable bonds is 3. The number of carboxylic acid groups (broad SMARTS) is 1. The first-order valence-electron chi connectivity index (χ1n) is 6.49. The summed E-state index contributed by atoms with van der Waals surface area (Å²) in [4.78, 5) is 11.6. The van der Waals surface area contributed by atoms with Crippen molar-refractivity contribution in [2.24, 2.45) is 17.3 Å². The van der Waals surface area contributed by atoms with E-state index >= 15 is 0 Å². The molecule has 0 bridgehead atoms. The summed E-state index contributed by atoms with van der Waals surface area (Å²) >= 11 is 0. The van der Waals surface area contributed by atoms with E-state index in [4.69, 9.17) is 0 Å². The van der Waals surface area contributed by atoms with E-state index in [0.29, 0.717) is 18.3 Å². The fourth-order valence-electron chi connectivity index (χ4n) is 3.49. The lowest BCUT2D eigenvalue weighted by molar-refractivity contribution is -0.149. The smallest absolute Gasteiger partial charge is 0.309 e. The molecule has 1 N–H and O–H groups in total. The number of benzene rings is 1. The van der Waals surface area contributed by atoms with Crippen LogP contribution in [-0.4, -0.2) is 11.1 Å². The van der Waals surface area contributed by atoms with Crippen LogP contribution in [0.2, 0.25) is 0 Å². The lowest BCUT2D eigenvalue weighted by Crippen LogP contribution is -2.32. The van der Waals surface area contributed by atoms with Crippen molar-refractivity contribution in [3.63, 3.8) is 0 Å². The molecular weight excluding hydrogens is 231 g/mol. The minimum atomic E-state index is -0.710. The molecule has 0 aromatic heterocycles. The highest BCUT2D eigenvalue weighted by molar-refractivity contribution is 5.76. The zero-order valence-corrected chi connectivity index (χ0v) is 10.4. The first kappa shape index (κ1) is 11.7. The van der Waals surface area contributed by atoms with E-state index in [1.807, 2.05) is 6.92 Å². The van der Waals surface area contributed by atoms with E-state index in [1.165, 1.54) is 18.6 Å². The van der Waals surface area contributed by atoms with Gasteiger partial charge in [-0.25, -0.2) is 4.39 Å². The van der Waals surface area contributed by atoms with E-state index in [0.717, 1.165) is 24.0 Å². The summed E-state index contributed by atoms with van der Waals surface area (Å²) in [5.74, 6) is 0.225. The van der Waals surface area contributed by atoms with Gasteiger partial charge in [-0.05, 0) is 67.7 Å². The van der Waals surface area contributed by atoms with Crippen molar-refractivity contribution in [3.05, 3.63) is 35.1 Å². The molecule has 0 heterocycles. The second-order valence-corrected chi connectivity index (χ2v) is 6.00. The monoisotopic (exact) mass is 248 g/mol. The second-order valence-electron chi connectivity index (χ2n) is 6.00. The van der Waals surface area contributed by atoms with Gasteiger partial charge in [0.15, 0.2) is 0 Å². The fraction of sp³-hybridized carbons (Fsp3) is 0.533. The summed E-state index contributed by atoms with van der Waals surface area (Å²) in [6.45, 7) is 1.92. The van der Waals surface area contributed by atoms with Gasteiger partial charge >= 0.3 is 5.97 Å². The zero-order chi connectivity index (χ0) is 12.9. The number of halogens is 1. The molecule has 3 rings (SSSR count). The first-order chi connectivity index (χ1) is 8.50. The van der Waals surface area contributed by atoms with Crippen LogP contribution >= 0.6 is 0 Å². The molecule has 0 aliphatic heterocycles. The van der Waals surface area contributed by atoms with Gasteiger partial charge in [-0.3, -0.25) is 4.79 Å². The van der Waals surface area contributed by atoms with Gasteiger partial charge < -0.3 is 5.11 Å². The highest BCUT2D eigenvalue weighted by atomic mass is 19.1. The van der Waals surface area contributed by atoms with Gasteiger partial charge in [-0.2, -0.15) is 0 Å². The molecule has 2 atom stereocenters. The van der Waals surface area contributed by atoms with Gasteiger partial charge in [0.2, 0.25) is 0 Å². The Labute approximate surface area is 106 Å². The number of hydrogen-bond acceptors (Lipinski definition) is 1. The Kier molecular flexibility index (Phi) is 2.47. The Morgan fingerprint density at radius 3 is 2.72 bits per heavy atom. The molecule has 0 saturated heterocycles. The lowest BCUT2D eigenvalue weighted by atomic mass is 9.77. The van der Waals surface area contributed by atoms with Crippen molar-refractivity contribution in [1.82, 2.24) is 0 Å². The molecule has 96 valence electrons. The van der Waals surface area contributed by atoms with Crippen molar-refractivity contribution in [2.45, 2.75) is 32.6 Å². The van der Waals surface area contributed by atoms with Gasteiger partial charge in [0.1, 0.15) is 5.82 Å². The van der Waals surface area contributed by atoms with Crippen LogP contribution in [0.1, 0.15) is 30.4 Å². The predicted octanol–water partition coefficient (Wildman–Crippen LogP) is 3.18. The maximum atomic E-state index is 13.3. The van der Waals surface area contributed by atoms with E-state index in [-0.39, 0.29) is 5.82 Å². The Morgan fingerprint density at radius 2 is 2.11 bits per heavy atom. The molecule has 2 nitrogen and oxygen atoms in total. The standard InChI is InChI=1S/C15H17FO2/c1-9-2-3-13(16)5-10(9)6-15(14(17)18)7-11-4-12(11)8-15/h2-3,5,11-12H,4,6-8H2,1H3,(H,17,18). The number of aryl methyl sites for hydroxylation is 1. The maximum absolute atomic E-state index is 13.3. The van der Waals surface area contributed by atoms with Crippen molar-refractivity contribution in [1.29, 1.82) is 0 Å². The molecule has 2 fully saturated rings. The van der Waals surface area contributed by atoms with Crippen LogP contribution in [-0.2, 0) is 11.2 Å². The molecule has 2 aliphatic rings. The third-order valence-corrected chi connectivity index (χ3v) is 4.67. The number of aliphatic carboxylic acids is 1. The lowest BCUT2D eigenvalue weighted by Gasteiger charge is -2.26. The Hall–Kier alpha value is -1.38. The van der Waals surface area contributed by atoms with Crippen molar-refractivity contribution < 1.29 is 14.3 Å². The largest absolute Gasteiger partial charge is 0.481 e. The maximum Gasteiger partial charge on any atom is 0.309 e. The summed E-state index contributed by atoms with van der Waals surface area (Å²) in [5.41, 5.74) is 1.18. The van der Waals surface area contributed by atoms with Gasteiger partial charge in [0.25, 0.3) is 0 Å². The highest BCUT2D eigenvalue weighted by Crippen LogP contribution is 2.61. The summed E-state index contributed by atoms with van der Waals surface area (Å²) in [5, 5.41) is 9.53. The molecule has 1 aromatic rings. The summed E-state index contributed by atoms with van der Waals surface area (Å²) < 4.78 is 13.3. The molecular formula is C15H17FO2. The topological polar surface area (TPSA) is 37.3 Å². The number of carbonyl (C=O) groups is 1. The van der Waals surface area contributed by atoms with Crippen molar-refractivity contribution >= 4 is 5.97 Å². The second kappa shape index (κ2) is 3.81. The van der Waals surface area contributed by atoms with Crippen LogP contribution in [0, 0.1) is 30.0 Å². The average molecular weight is 248 g/mol. The molecule has 0 radical (unpaired) electrons. The van der Waals surface area contributed by atoms with Gasteiger partial charge in [-0.15, -0.1) is 0 Å². The van der Waals surface area contributed by atoms with Crippen LogP contribution in [0.25, 0.3) is 0 Å². The summed E-state index contributed by atoms with van der Waals surface area (Å²) in [6, 6.07) is 4.65. The number of carboxylic acids is 1. The Balaban J connectivity index is 1.89.